The molecule has 2 rings (SSSR count). The SMILES string of the molecule is CSC(=O)CC1CC(c2ccc(CC#N)cc2)=NO1. The monoisotopic (exact) mass is 274 g/mol. The highest BCUT2D eigenvalue weighted by molar-refractivity contribution is 8.13. The van der Waals surface area contributed by atoms with Gasteiger partial charge < -0.3 is 4.84 Å². The molecule has 1 aliphatic heterocycles. The van der Waals surface area contributed by atoms with Crippen LogP contribution in [-0.4, -0.2) is 23.2 Å². The number of nitrogens with zero attached hydrogens (tertiary/aromatic N) is 2. The molecule has 0 amide bonds. The molecule has 5 heteroatoms. The van der Waals surface area contributed by atoms with Crippen LogP contribution in [0.3, 0.4) is 0 Å². The number of carbonyl (C=O) groups excluding carboxylic acids is 1. The third-order valence-corrected chi connectivity index (χ3v) is 3.55. The van der Waals surface area contributed by atoms with Gasteiger partial charge in [0.25, 0.3) is 0 Å². The van der Waals surface area contributed by atoms with Gasteiger partial charge in [0.05, 0.1) is 24.6 Å². The van der Waals surface area contributed by atoms with E-state index in [1.807, 2.05) is 24.3 Å². The lowest BCUT2D eigenvalue weighted by Gasteiger charge is -2.05. The maximum Gasteiger partial charge on any atom is 0.192 e. The standard InChI is InChI=1S/C14H14N2O2S/c1-19-14(17)9-12-8-13(16-18-12)11-4-2-10(3-5-11)6-7-15/h2-5,12H,6,8-9H2,1H3. The molecule has 0 saturated heterocycles. The largest absolute Gasteiger partial charge is 0.391 e. The fourth-order valence-corrected chi connectivity index (χ4v) is 2.24. The van der Waals surface area contributed by atoms with Crippen molar-refractivity contribution in [1.29, 1.82) is 5.26 Å². The van der Waals surface area contributed by atoms with E-state index in [1.165, 1.54) is 11.8 Å². The Kier molecular flexibility index (Phi) is 4.58. The maximum atomic E-state index is 11.3. The molecule has 4 nitrogen and oxygen atoms in total. The van der Waals surface area contributed by atoms with E-state index in [2.05, 4.69) is 11.2 Å². The summed E-state index contributed by atoms with van der Waals surface area (Å²) >= 11 is 1.22. The molecule has 98 valence electrons. The van der Waals surface area contributed by atoms with Crippen molar-refractivity contribution in [3.63, 3.8) is 0 Å². The van der Waals surface area contributed by atoms with Crippen molar-refractivity contribution < 1.29 is 9.63 Å². The summed E-state index contributed by atoms with van der Waals surface area (Å²) in [6, 6.07) is 9.83. The highest BCUT2D eigenvalue weighted by Crippen LogP contribution is 2.21. The van der Waals surface area contributed by atoms with Gasteiger partial charge in [0, 0.05) is 6.42 Å². The van der Waals surface area contributed by atoms with Gasteiger partial charge in [-0.3, -0.25) is 4.79 Å². The third-order valence-electron chi connectivity index (χ3n) is 2.93. The normalized spacial score (nSPS) is 17.5. The fraction of sp³-hybridized carbons (Fsp3) is 0.357. The number of hydrogen-bond acceptors (Lipinski definition) is 5. The Morgan fingerprint density at radius 3 is 2.89 bits per heavy atom. The van der Waals surface area contributed by atoms with Gasteiger partial charge in [0.2, 0.25) is 0 Å². The number of nitriles is 1. The number of oxime groups is 1. The van der Waals surface area contributed by atoms with Crippen molar-refractivity contribution in [3.8, 4) is 6.07 Å². The van der Waals surface area contributed by atoms with E-state index in [9.17, 15) is 4.79 Å². The molecular weight excluding hydrogens is 260 g/mol. The van der Waals surface area contributed by atoms with Crippen molar-refractivity contribution in [2.75, 3.05) is 6.26 Å². The van der Waals surface area contributed by atoms with Gasteiger partial charge in [-0.05, 0) is 17.4 Å². The van der Waals surface area contributed by atoms with Gasteiger partial charge in [-0.15, -0.1) is 0 Å². The topological polar surface area (TPSA) is 62.5 Å². The van der Waals surface area contributed by atoms with Crippen molar-refractivity contribution in [3.05, 3.63) is 35.4 Å². The van der Waals surface area contributed by atoms with E-state index >= 15 is 0 Å². The number of carbonyl (C=O) groups is 1. The van der Waals surface area contributed by atoms with E-state index in [1.54, 1.807) is 6.26 Å². The minimum atomic E-state index is -0.145. The van der Waals surface area contributed by atoms with Crippen molar-refractivity contribution in [2.24, 2.45) is 5.16 Å². The quantitative estimate of drug-likeness (QED) is 0.846. The first-order chi connectivity index (χ1) is 9.22. The second-order valence-corrected chi connectivity index (χ2v) is 5.15. The second kappa shape index (κ2) is 6.39. The van der Waals surface area contributed by atoms with Crippen LogP contribution in [0.2, 0.25) is 0 Å². The molecular formula is C14H14N2O2S. The van der Waals surface area contributed by atoms with E-state index in [-0.39, 0.29) is 11.2 Å². The first-order valence-electron chi connectivity index (χ1n) is 5.98. The molecule has 0 aliphatic carbocycles. The summed E-state index contributed by atoms with van der Waals surface area (Å²) in [5.74, 6) is 0. The van der Waals surface area contributed by atoms with Crippen molar-refractivity contribution in [1.82, 2.24) is 0 Å². The zero-order valence-electron chi connectivity index (χ0n) is 10.6. The second-order valence-electron chi connectivity index (χ2n) is 4.28. The fourth-order valence-electron chi connectivity index (χ4n) is 1.88. The molecule has 1 aromatic rings. The number of benzene rings is 1. The highest BCUT2D eigenvalue weighted by Gasteiger charge is 2.24. The van der Waals surface area contributed by atoms with Crippen LogP contribution >= 0.6 is 11.8 Å². The van der Waals surface area contributed by atoms with Crippen LogP contribution in [0.25, 0.3) is 0 Å². The molecule has 0 fully saturated rings. The van der Waals surface area contributed by atoms with Crippen LogP contribution in [0.15, 0.2) is 29.4 Å². The number of rotatable bonds is 4. The molecule has 0 aromatic heterocycles. The average molecular weight is 274 g/mol. The van der Waals surface area contributed by atoms with Crippen molar-refractivity contribution in [2.45, 2.75) is 25.4 Å². The lowest BCUT2D eigenvalue weighted by atomic mass is 10.0. The van der Waals surface area contributed by atoms with E-state index in [0.29, 0.717) is 19.3 Å². The van der Waals surface area contributed by atoms with E-state index in [0.717, 1.165) is 16.8 Å². The Balaban J connectivity index is 1.97. The minimum Gasteiger partial charge on any atom is -0.391 e. The lowest BCUT2D eigenvalue weighted by molar-refractivity contribution is -0.113. The summed E-state index contributed by atoms with van der Waals surface area (Å²) in [6.45, 7) is 0. The average Bonchev–Trinajstić information content (AvgIpc) is 2.88. The zero-order chi connectivity index (χ0) is 13.7. The third kappa shape index (κ3) is 3.58. The summed E-state index contributed by atoms with van der Waals surface area (Å²) in [7, 11) is 0. The molecule has 0 radical (unpaired) electrons. The molecule has 1 aliphatic rings. The summed E-state index contributed by atoms with van der Waals surface area (Å²) < 4.78 is 0. The van der Waals surface area contributed by atoms with Crippen LogP contribution in [0.4, 0.5) is 0 Å². The number of hydrogen-bond donors (Lipinski definition) is 0. The molecule has 1 unspecified atom stereocenters. The van der Waals surface area contributed by atoms with Crippen molar-refractivity contribution >= 4 is 22.6 Å². The smallest absolute Gasteiger partial charge is 0.192 e. The predicted molar refractivity (Wildman–Crippen MR) is 74.9 cm³/mol. The maximum absolute atomic E-state index is 11.3. The molecule has 0 N–H and O–H groups in total. The highest BCUT2D eigenvalue weighted by atomic mass is 32.2. The van der Waals surface area contributed by atoms with Crippen LogP contribution in [-0.2, 0) is 16.1 Å². The first-order valence-corrected chi connectivity index (χ1v) is 7.21. The Morgan fingerprint density at radius 1 is 1.53 bits per heavy atom. The van der Waals surface area contributed by atoms with Gasteiger partial charge in [-0.25, -0.2) is 0 Å². The van der Waals surface area contributed by atoms with Crippen LogP contribution < -0.4 is 0 Å². The Morgan fingerprint density at radius 2 is 2.26 bits per heavy atom. The zero-order valence-corrected chi connectivity index (χ0v) is 11.4. The molecule has 1 atom stereocenters. The van der Waals surface area contributed by atoms with Gasteiger partial charge >= 0.3 is 0 Å². The molecule has 1 heterocycles. The van der Waals surface area contributed by atoms with Crippen LogP contribution in [0, 0.1) is 11.3 Å². The molecule has 0 saturated carbocycles. The molecule has 0 spiro atoms. The molecule has 1 aromatic carbocycles. The summed E-state index contributed by atoms with van der Waals surface area (Å²) in [5, 5.41) is 12.8. The van der Waals surface area contributed by atoms with E-state index in [4.69, 9.17) is 10.1 Å². The molecule has 0 bridgehead atoms. The Hall–Kier alpha value is -1.80. The summed E-state index contributed by atoms with van der Waals surface area (Å²) in [5.41, 5.74) is 2.84. The van der Waals surface area contributed by atoms with Gasteiger partial charge in [-0.1, -0.05) is 41.2 Å². The molecule has 19 heavy (non-hydrogen) atoms. The first kappa shape index (κ1) is 13.6. The van der Waals surface area contributed by atoms with Crippen LogP contribution in [0.5, 0.6) is 0 Å². The van der Waals surface area contributed by atoms with Gasteiger partial charge in [0.15, 0.2) is 5.12 Å². The van der Waals surface area contributed by atoms with Crippen LogP contribution in [0.1, 0.15) is 24.0 Å². The number of thioether (sulfide) groups is 1. The van der Waals surface area contributed by atoms with Gasteiger partial charge in [-0.2, -0.15) is 5.26 Å². The Bertz CT molecular complexity index is 531. The lowest BCUT2D eigenvalue weighted by Crippen LogP contribution is -2.12. The van der Waals surface area contributed by atoms with E-state index < -0.39 is 0 Å². The van der Waals surface area contributed by atoms with Gasteiger partial charge in [0.1, 0.15) is 6.10 Å². The predicted octanol–water partition coefficient (Wildman–Crippen LogP) is 2.53. The summed E-state index contributed by atoms with van der Waals surface area (Å²) in [4.78, 5) is 16.6. The summed E-state index contributed by atoms with van der Waals surface area (Å²) in [6.07, 6.45) is 3.08. The minimum absolute atomic E-state index is 0.116. The Labute approximate surface area is 116 Å².